The zero-order valence-electron chi connectivity index (χ0n) is 21.3. The van der Waals surface area contributed by atoms with Crippen LogP contribution in [0.5, 0.6) is 0 Å². The highest BCUT2D eigenvalue weighted by Gasteiger charge is 2.41. The summed E-state index contributed by atoms with van der Waals surface area (Å²) >= 11 is 0. The predicted octanol–water partition coefficient (Wildman–Crippen LogP) is 4.85. The summed E-state index contributed by atoms with van der Waals surface area (Å²) < 4.78 is 7.84. The molecule has 0 spiro atoms. The van der Waals surface area contributed by atoms with E-state index in [0.29, 0.717) is 38.4 Å². The molecule has 0 saturated heterocycles. The smallest absolute Gasteiger partial charge is 0.410 e. The SMILES string of the molecule is C=CC(=O)N1CCc2nn(-c3ccc(C4CCC4)cc3C)c3c2C(C1)N(C(=O)OC(C)(C)C)CC3. The molecule has 1 fully saturated rings. The maximum Gasteiger partial charge on any atom is 0.410 e. The first-order valence-electron chi connectivity index (χ1n) is 12.8. The van der Waals surface area contributed by atoms with Crippen LogP contribution in [-0.2, 0) is 22.4 Å². The lowest BCUT2D eigenvalue weighted by Gasteiger charge is -2.38. The fraction of sp³-hybridized carbons (Fsp3) is 0.536. The number of nitrogens with zero attached hydrogens (tertiary/aromatic N) is 4. The quantitative estimate of drug-likeness (QED) is 0.594. The van der Waals surface area contributed by atoms with Gasteiger partial charge in [-0.15, -0.1) is 0 Å². The minimum absolute atomic E-state index is 0.123. The minimum atomic E-state index is -0.592. The molecule has 3 aliphatic rings. The first-order chi connectivity index (χ1) is 16.7. The van der Waals surface area contributed by atoms with E-state index in [1.165, 1.54) is 36.5 Å². The molecule has 0 bridgehead atoms. The van der Waals surface area contributed by atoms with Gasteiger partial charge in [-0.2, -0.15) is 5.10 Å². The van der Waals surface area contributed by atoms with Crippen LogP contribution >= 0.6 is 0 Å². The summed E-state index contributed by atoms with van der Waals surface area (Å²) in [4.78, 5) is 29.3. The van der Waals surface area contributed by atoms with E-state index in [-0.39, 0.29) is 18.0 Å². The van der Waals surface area contributed by atoms with Crippen LogP contribution in [0.4, 0.5) is 4.79 Å². The van der Waals surface area contributed by atoms with Crippen molar-refractivity contribution in [1.82, 2.24) is 19.6 Å². The van der Waals surface area contributed by atoms with Crippen molar-refractivity contribution in [3.63, 3.8) is 0 Å². The summed E-state index contributed by atoms with van der Waals surface area (Å²) in [5, 5.41) is 5.07. The number of rotatable bonds is 3. The number of aryl methyl sites for hydroxylation is 1. The van der Waals surface area contributed by atoms with Crippen LogP contribution in [0, 0.1) is 6.92 Å². The molecular weight excluding hydrogens is 440 g/mol. The third-order valence-corrected chi connectivity index (χ3v) is 7.55. The van der Waals surface area contributed by atoms with E-state index in [0.717, 1.165) is 22.6 Å². The van der Waals surface area contributed by atoms with Crippen LogP contribution in [0.2, 0.25) is 0 Å². The zero-order valence-corrected chi connectivity index (χ0v) is 21.3. The van der Waals surface area contributed by atoms with Gasteiger partial charge in [0, 0.05) is 38.0 Å². The molecule has 1 aliphatic carbocycles. The topological polar surface area (TPSA) is 67.7 Å². The number of carbonyl (C=O) groups excluding carboxylic acids is 2. The Hall–Kier alpha value is -3.09. The van der Waals surface area contributed by atoms with E-state index >= 15 is 0 Å². The van der Waals surface area contributed by atoms with E-state index in [1.807, 2.05) is 20.8 Å². The van der Waals surface area contributed by atoms with Gasteiger partial charge in [-0.25, -0.2) is 9.48 Å². The molecule has 3 heterocycles. The van der Waals surface area contributed by atoms with Gasteiger partial charge in [-0.05, 0) is 69.7 Å². The molecule has 2 amide bonds. The molecule has 1 unspecified atom stereocenters. The maximum absolute atomic E-state index is 13.2. The average molecular weight is 477 g/mol. The third-order valence-electron chi connectivity index (χ3n) is 7.55. The van der Waals surface area contributed by atoms with Crippen molar-refractivity contribution in [2.75, 3.05) is 19.6 Å². The van der Waals surface area contributed by atoms with E-state index < -0.39 is 5.60 Å². The number of benzene rings is 1. The molecule has 7 nitrogen and oxygen atoms in total. The molecule has 35 heavy (non-hydrogen) atoms. The Morgan fingerprint density at radius 2 is 1.94 bits per heavy atom. The largest absolute Gasteiger partial charge is 0.444 e. The highest BCUT2D eigenvalue weighted by Crippen LogP contribution is 2.40. The van der Waals surface area contributed by atoms with Crippen molar-refractivity contribution in [1.29, 1.82) is 0 Å². The molecule has 0 radical (unpaired) electrons. The number of ether oxygens (including phenoxy) is 1. The lowest BCUT2D eigenvalue weighted by Crippen LogP contribution is -2.47. The standard InChI is InChI=1S/C28H36N4O3/c1-6-25(33)30-14-12-21-26-23(13-15-31(24(26)17-30)27(34)35-28(3,4)5)32(29-21)22-11-10-20(16-18(22)2)19-8-7-9-19/h6,10-11,16,19,24H,1,7-9,12-15,17H2,2-5H3. The van der Waals surface area contributed by atoms with Crippen molar-refractivity contribution in [3.8, 4) is 5.69 Å². The van der Waals surface area contributed by atoms with Crippen molar-refractivity contribution in [2.24, 2.45) is 0 Å². The molecule has 1 saturated carbocycles. The number of hydrogen-bond donors (Lipinski definition) is 0. The third kappa shape index (κ3) is 4.37. The maximum atomic E-state index is 13.2. The molecular formula is C28H36N4O3. The van der Waals surface area contributed by atoms with E-state index in [2.05, 4.69) is 36.4 Å². The Balaban J connectivity index is 1.55. The number of carbonyl (C=O) groups is 2. The summed E-state index contributed by atoms with van der Waals surface area (Å²) in [6, 6.07) is 6.48. The van der Waals surface area contributed by atoms with Crippen LogP contribution in [0.25, 0.3) is 5.69 Å². The Bertz CT molecular complexity index is 1170. The second-order valence-electron chi connectivity index (χ2n) is 11.1. The summed E-state index contributed by atoms with van der Waals surface area (Å²) in [6.07, 6.45) is 6.22. The fourth-order valence-corrected chi connectivity index (χ4v) is 5.57. The van der Waals surface area contributed by atoms with Crippen LogP contribution in [-0.4, -0.2) is 56.8 Å². The van der Waals surface area contributed by atoms with Gasteiger partial charge < -0.3 is 9.64 Å². The predicted molar refractivity (Wildman–Crippen MR) is 135 cm³/mol. The first-order valence-corrected chi connectivity index (χ1v) is 12.8. The molecule has 2 aliphatic heterocycles. The lowest BCUT2D eigenvalue weighted by atomic mass is 9.79. The molecule has 2 aromatic rings. The Kier molecular flexibility index (Phi) is 5.98. The number of amides is 2. The summed E-state index contributed by atoms with van der Waals surface area (Å²) in [7, 11) is 0. The Morgan fingerprint density at radius 3 is 2.57 bits per heavy atom. The van der Waals surface area contributed by atoms with Crippen molar-refractivity contribution < 1.29 is 14.3 Å². The second-order valence-corrected chi connectivity index (χ2v) is 11.1. The highest BCUT2D eigenvalue weighted by atomic mass is 16.6. The van der Waals surface area contributed by atoms with Gasteiger partial charge >= 0.3 is 6.09 Å². The zero-order chi connectivity index (χ0) is 24.9. The number of aromatic nitrogens is 2. The van der Waals surface area contributed by atoms with E-state index in [1.54, 1.807) is 9.80 Å². The molecule has 1 atom stereocenters. The normalized spacial score (nSPS) is 20.1. The van der Waals surface area contributed by atoms with Crippen LogP contribution < -0.4 is 0 Å². The van der Waals surface area contributed by atoms with Crippen LogP contribution in [0.15, 0.2) is 30.9 Å². The molecule has 7 heteroatoms. The second kappa shape index (κ2) is 8.85. The van der Waals surface area contributed by atoms with Gasteiger partial charge in [-0.3, -0.25) is 9.69 Å². The highest BCUT2D eigenvalue weighted by molar-refractivity contribution is 5.87. The molecule has 1 aromatic heterocycles. The summed E-state index contributed by atoms with van der Waals surface area (Å²) in [5.41, 5.74) is 6.32. The van der Waals surface area contributed by atoms with Gasteiger partial charge in [0.05, 0.1) is 23.1 Å². The van der Waals surface area contributed by atoms with Crippen molar-refractivity contribution in [2.45, 2.75) is 77.4 Å². The van der Waals surface area contributed by atoms with Crippen molar-refractivity contribution >= 4 is 12.0 Å². The average Bonchev–Trinajstić information content (AvgIpc) is 3.01. The summed E-state index contributed by atoms with van der Waals surface area (Å²) in [5.74, 6) is 0.567. The molecule has 1 aromatic carbocycles. The van der Waals surface area contributed by atoms with E-state index in [9.17, 15) is 9.59 Å². The minimum Gasteiger partial charge on any atom is -0.444 e. The summed E-state index contributed by atoms with van der Waals surface area (Å²) in [6.45, 7) is 12.9. The first kappa shape index (κ1) is 23.6. The van der Waals surface area contributed by atoms with Crippen LogP contribution in [0.3, 0.4) is 0 Å². The number of hydrogen-bond acceptors (Lipinski definition) is 4. The fourth-order valence-electron chi connectivity index (χ4n) is 5.57. The van der Waals surface area contributed by atoms with Gasteiger partial charge in [0.2, 0.25) is 5.91 Å². The van der Waals surface area contributed by atoms with Gasteiger partial charge in [0.1, 0.15) is 5.60 Å². The molecule has 186 valence electrons. The van der Waals surface area contributed by atoms with Crippen molar-refractivity contribution in [3.05, 3.63) is 58.9 Å². The van der Waals surface area contributed by atoms with Gasteiger partial charge in [0.15, 0.2) is 0 Å². The Labute approximate surface area is 207 Å². The Morgan fingerprint density at radius 1 is 1.17 bits per heavy atom. The van der Waals surface area contributed by atoms with Gasteiger partial charge in [0.25, 0.3) is 0 Å². The van der Waals surface area contributed by atoms with Crippen LogP contribution in [0.1, 0.15) is 80.1 Å². The molecule has 0 N–H and O–H groups in total. The lowest BCUT2D eigenvalue weighted by molar-refractivity contribution is -0.126. The van der Waals surface area contributed by atoms with E-state index in [4.69, 9.17) is 9.84 Å². The van der Waals surface area contributed by atoms with Gasteiger partial charge in [-0.1, -0.05) is 25.1 Å². The molecule has 5 rings (SSSR count). The monoisotopic (exact) mass is 476 g/mol.